The summed E-state index contributed by atoms with van der Waals surface area (Å²) in [6, 6.07) is 24.4. The highest BCUT2D eigenvalue weighted by Gasteiger charge is 2.41. The minimum atomic E-state index is -1.16. The van der Waals surface area contributed by atoms with Crippen molar-refractivity contribution in [1.82, 2.24) is 10.2 Å². The van der Waals surface area contributed by atoms with Crippen molar-refractivity contribution in [3.8, 4) is 0 Å². The molecule has 3 amide bonds. The maximum Gasteiger partial charge on any atom is 0.408 e. The third-order valence-corrected chi connectivity index (χ3v) is 7.96. The standard InChI is InChI=1S/C35H41N3O7/c1-35(2,3)31(39)28-22-45-26(21-38(28)34(42)43)20-19-23-13-11-12-18-27(23)36-32(40)30(37-33(41)44-4)29(24-14-7-5-8-15-24)25-16-9-6-10-17-25/h5-18,26,28-30H,19-22H2,1-4H3,(H,36,40)(H,37,41)(H,42,43)/t26-,28+,30+/m1/s1. The quantitative estimate of drug-likeness (QED) is 0.275. The van der Waals surface area contributed by atoms with Crippen molar-refractivity contribution in [3.63, 3.8) is 0 Å². The smallest absolute Gasteiger partial charge is 0.408 e. The molecule has 4 rings (SSSR count). The van der Waals surface area contributed by atoms with Gasteiger partial charge in [0.2, 0.25) is 5.91 Å². The third kappa shape index (κ3) is 8.48. The lowest BCUT2D eigenvalue weighted by atomic mass is 9.84. The molecule has 1 fully saturated rings. The molecule has 0 aliphatic carbocycles. The highest BCUT2D eigenvalue weighted by Crippen LogP contribution is 2.30. The number of nitrogens with one attached hydrogen (secondary N) is 2. The molecule has 3 atom stereocenters. The highest BCUT2D eigenvalue weighted by molar-refractivity contribution is 5.98. The molecule has 0 saturated carbocycles. The van der Waals surface area contributed by atoms with Crippen molar-refractivity contribution < 1.29 is 33.8 Å². The number of Topliss-reactive ketones (excluding diaryl/α,β-unsaturated/α-hetero) is 1. The summed E-state index contributed by atoms with van der Waals surface area (Å²) < 4.78 is 10.9. The maximum atomic E-state index is 14.0. The van der Waals surface area contributed by atoms with E-state index in [4.69, 9.17) is 9.47 Å². The predicted octanol–water partition coefficient (Wildman–Crippen LogP) is 5.48. The Bertz CT molecular complexity index is 1430. The topological polar surface area (TPSA) is 134 Å². The number of morpholine rings is 1. The fourth-order valence-electron chi connectivity index (χ4n) is 5.59. The number of alkyl carbamates (subject to hydrolysis) is 1. The zero-order chi connectivity index (χ0) is 32.6. The van der Waals surface area contributed by atoms with Gasteiger partial charge < -0.3 is 25.2 Å². The lowest BCUT2D eigenvalue weighted by molar-refractivity contribution is -0.140. The maximum absolute atomic E-state index is 14.0. The summed E-state index contributed by atoms with van der Waals surface area (Å²) in [6.45, 7) is 5.35. The Morgan fingerprint density at radius 1 is 0.933 bits per heavy atom. The van der Waals surface area contributed by atoms with Crippen LogP contribution in [0.3, 0.4) is 0 Å². The van der Waals surface area contributed by atoms with Gasteiger partial charge in [0.25, 0.3) is 0 Å². The highest BCUT2D eigenvalue weighted by atomic mass is 16.5. The molecule has 1 aliphatic rings. The molecule has 45 heavy (non-hydrogen) atoms. The van der Waals surface area contributed by atoms with Crippen LogP contribution in [0.15, 0.2) is 84.9 Å². The second-order valence-corrected chi connectivity index (χ2v) is 12.1. The van der Waals surface area contributed by atoms with E-state index >= 15 is 0 Å². The van der Waals surface area contributed by atoms with Gasteiger partial charge in [-0.1, -0.05) is 99.6 Å². The van der Waals surface area contributed by atoms with Crippen molar-refractivity contribution in [3.05, 3.63) is 102 Å². The van der Waals surface area contributed by atoms with E-state index in [9.17, 15) is 24.3 Å². The van der Waals surface area contributed by atoms with Gasteiger partial charge in [0.05, 0.1) is 26.4 Å². The number of hydrogen-bond acceptors (Lipinski definition) is 6. The second-order valence-electron chi connectivity index (χ2n) is 12.1. The molecule has 3 aromatic carbocycles. The summed E-state index contributed by atoms with van der Waals surface area (Å²) in [5.41, 5.74) is 2.36. The van der Waals surface area contributed by atoms with Gasteiger partial charge in [-0.2, -0.15) is 0 Å². The number of carbonyl (C=O) groups excluding carboxylic acids is 3. The number of carbonyl (C=O) groups is 4. The number of para-hydroxylation sites is 1. The van der Waals surface area contributed by atoms with Crippen LogP contribution in [0.1, 0.15) is 49.8 Å². The van der Waals surface area contributed by atoms with Crippen LogP contribution in [0.25, 0.3) is 0 Å². The monoisotopic (exact) mass is 615 g/mol. The van der Waals surface area contributed by atoms with Crippen molar-refractivity contribution in [1.29, 1.82) is 0 Å². The predicted molar refractivity (Wildman–Crippen MR) is 170 cm³/mol. The van der Waals surface area contributed by atoms with Crippen LogP contribution >= 0.6 is 0 Å². The van der Waals surface area contributed by atoms with Gasteiger partial charge in [0.1, 0.15) is 12.1 Å². The first kappa shape index (κ1) is 33.2. The number of carboxylic acid groups (broad SMARTS) is 1. The lowest BCUT2D eigenvalue weighted by Crippen LogP contribution is -2.57. The molecule has 0 aromatic heterocycles. The fraction of sp³-hybridized carbons (Fsp3) is 0.371. The van der Waals surface area contributed by atoms with Crippen LogP contribution in [-0.2, 0) is 25.5 Å². The van der Waals surface area contributed by atoms with Crippen LogP contribution in [-0.4, -0.2) is 72.3 Å². The van der Waals surface area contributed by atoms with Crippen molar-refractivity contribution in [2.24, 2.45) is 5.41 Å². The van der Waals surface area contributed by atoms with E-state index in [-0.39, 0.29) is 18.9 Å². The zero-order valence-corrected chi connectivity index (χ0v) is 26.1. The van der Waals surface area contributed by atoms with Crippen molar-refractivity contribution in [2.45, 2.75) is 57.7 Å². The number of rotatable bonds is 10. The molecule has 1 aliphatic heterocycles. The van der Waals surface area contributed by atoms with Crippen LogP contribution in [0.5, 0.6) is 0 Å². The van der Waals surface area contributed by atoms with Crippen LogP contribution in [0.2, 0.25) is 0 Å². The number of nitrogens with zero attached hydrogens (tertiary/aromatic N) is 1. The molecule has 3 N–H and O–H groups in total. The fourth-order valence-corrected chi connectivity index (χ4v) is 5.59. The van der Waals surface area contributed by atoms with E-state index in [0.717, 1.165) is 16.7 Å². The lowest BCUT2D eigenvalue weighted by Gasteiger charge is -2.39. The molecule has 0 bridgehead atoms. The van der Waals surface area contributed by atoms with Gasteiger partial charge in [-0.15, -0.1) is 0 Å². The van der Waals surface area contributed by atoms with Crippen molar-refractivity contribution in [2.75, 3.05) is 25.6 Å². The zero-order valence-electron chi connectivity index (χ0n) is 26.1. The number of anilines is 1. The van der Waals surface area contributed by atoms with Crippen molar-refractivity contribution >= 4 is 29.6 Å². The van der Waals surface area contributed by atoms with Crippen LogP contribution in [0, 0.1) is 5.41 Å². The number of amides is 3. The first-order chi connectivity index (χ1) is 21.5. The van der Waals surface area contributed by atoms with Gasteiger partial charge in [0, 0.05) is 17.0 Å². The van der Waals surface area contributed by atoms with E-state index in [1.54, 1.807) is 32.9 Å². The van der Waals surface area contributed by atoms with E-state index in [1.807, 2.05) is 72.8 Å². The number of hydrogen-bond donors (Lipinski definition) is 3. The molecular weight excluding hydrogens is 574 g/mol. The number of aryl methyl sites for hydroxylation is 1. The number of benzene rings is 3. The largest absolute Gasteiger partial charge is 0.465 e. The Labute approximate surface area is 263 Å². The summed E-state index contributed by atoms with van der Waals surface area (Å²) in [6.07, 6.45) is -1.38. The SMILES string of the molecule is COC(=O)N[C@H](C(=O)Nc1ccccc1CC[C@@H]1CN(C(=O)O)[C@H](C(=O)C(C)(C)C)CO1)C(c1ccccc1)c1ccccc1. The van der Waals surface area contributed by atoms with Gasteiger partial charge in [-0.25, -0.2) is 9.59 Å². The summed E-state index contributed by atoms with van der Waals surface area (Å²) in [4.78, 5) is 52.6. The van der Waals surface area contributed by atoms with Gasteiger partial charge in [0.15, 0.2) is 5.78 Å². The van der Waals surface area contributed by atoms with Gasteiger partial charge in [-0.05, 0) is 35.6 Å². The Hall–Kier alpha value is -4.70. The van der Waals surface area contributed by atoms with Crippen LogP contribution < -0.4 is 10.6 Å². The summed E-state index contributed by atoms with van der Waals surface area (Å²) >= 11 is 0. The number of ether oxygens (including phenoxy) is 2. The minimum Gasteiger partial charge on any atom is -0.465 e. The Morgan fingerprint density at radius 3 is 2.07 bits per heavy atom. The molecule has 0 radical (unpaired) electrons. The minimum absolute atomic E-state index is 0.00725. The molecule has 1 heterocycles. The van der Waals surface area contributed by atoms with E-state index in [2.05, 4.69) is 10.6 Å². The molecule has 3 aromatic rings. The molecule has 238 valence electrons. The molecule has 10 heteroatoms. The Morgan fingerprint density at radius 2 is 1.51 bits per heavy atom. The van der Waals surface area contributed by atoms with E-state index in [1.165, 1.54) is 12.0 Å². The summed E-state index contributed by atoms with van der Waals surface area (Å²) in [5, 5.41) is 15.6. The second kappa shape index (κ2) is 14.9. The Balaban J connectivity index is 1.53. The average Bonchev–Trinajstić information content (AvgIpc) is 3.04. The Kier molecular flexibility index (Phi) is 11.0. The first-order valence-corrected chi connectivity index (χ1v) is 15.0. The molecule has 0 unspecified atom stereocenters. The van der Waals surface area contributed by atoms with Gasteiger partial charge in [-0.3, -0.25) is 14.5 Å². The van der Waals surface area contributed by atoms with E-state index in [0.29, 0.717) is 18.5 Å². The van der Waals surface area contributed by atoms with Gasteiger partial charge >= 0.3 is 12.2 Å². The molecule has 10 nitrogen and oxygen atoms in total. The first-order valence-electron chi connectivity index (χ1n) is 15.0. The normalized spacial score (nSPS) is 17.3. The molecule has 1 saturated heterocycles. The summed E-state index contributed by atoms with van der Waals surface area (Å²) in [5.74, 6) is -1.13. The molecule has 0 spiro atoms. The summed E-state index contributed by atoms with van der Waals surface area (Å²) in [7, 11) is 1.25. The molecular formula is C35H41N3O7. The number of ketones is 1. The van der Waals surface area contributed by atoms with Crippen LogP contribution in [0.4, 0.5) is 15.3 Å². The third-order valence-electron chi connectivity index (χ3n) is 7.96. The average molecular weight is 616 g/mol. The van der Waals surface area contributed by atoms with E-state index < -0.39 is 47.6 Å². The number of methoxy groups -OCH3 is 1.